The minimum Gasteiger partial charge on any atom is -0.334 e. The van der Waals surface area contributed by atoms with Crippen LogP contribution in [0.3, 0.4) is 0 Å². The number of nitrogens with zero attached hydrogens (tertiary/aromatic N) is 3. The third kappa shape index (κ3) is 5.56. The summed E-state index contributed by atoms with van der Waals surface area (Å²) in [7, 11) is 2.14. The average Bonchev–Trinajstić information content (AvgIpc) is 3.05. The highest BCUT2D eigenvalue weighted by Gasteiger charge is 2.15. The number of urea groups is 1. The highest BCUT2D eigenvalue weighted by atomic mass is 35.5. The normalized spacial score (nSPS) is 15.8. The lowest BCUT2D eigenvalue weighted by Crippen LogP contribution is -2.43. The van der Waals surface area contributed by atoms with Crippen LogP contribution in [0.5, 0.6) is 0 Å². The number of carbonyl (C=O) groups excluding carboxylic acids is 1. The van der Waals surface area contributed by atoms with Gasteiger partial charge in [0.05, 0.1) is 15.7 Å². The van der Waals surface area contributed by atoms with Crippen LogP contribution in [0.1, 0.15) is 11.3 Å². The Bertz CT molecular complexity index is 761. The Hall–Kier alpha value is -1.38. The maximum absolute atomic E-state index is 12.0. The number of amides is 2. The van der Waals surface area contributed by atoms with E-state index in [-0.39, 0.29) is 6.03 Å². The molecule has 2 N–H and O–H groups in total. The van der Waals surface area contributed by atoms with Crippen LogP contribution in [0, 0.1) is 0 Å². The highest BCUT2D eigenvalue weighted by Crippen LogP contribution is 2.22. The first-order valence-corrected chi connectivity index (χ1v) is 9.97. The molecule has 3 rings (SSSR count). The number of anilines is 1. The molecule has 140 valence electrons. The van der Waals surface area contributed by atoms with Crippen molar-refractivity contribution < 1.29 is 4.79 Å². The molecule has 1 saturated heterocycles. The van der Waals surface area contributed by atoms with E-state index >= 15 is 0 Å². The number of likely N-dealkylation sites (N-methyl/N-ethyl adjacent to an activating group) is 1. The number of thiazole rings is 1. The number of hydrogen-bond acceptors (Lipinski definition) is 5. The Kier molecular flexibility index (Phi) is 6.72. The van der Waals surface area contributed by atoms with E-state index in [0.717, 1.165) is 44.0 Å². The first kappa shape index (κ1) is 19.4. The summed E-state index contributed by atoms with van der Waals surface area (Å²) in [6, 6.07) is 4.98. The largest absolute Gasteiger partial charge is 0.334 e. The molecule has 0 bridgehead atoms. The fourth-order valence-corrected chi connectivity index (χ4v) is 3.66. The molecule has 1 fully saturated rings. The first-order valence-electron chi connectivity index (χ1n) is 8.33. The lowest BCUT2D eigenvalue weighted by Gasteiger charge is -2.31. The molecule has 0 radical (unpaired) electrons. The summed E-state index contributed by atoms with van der Waals surface area (Å²) < 4.78 is 0. The predicted octanol–water partition coefficient (Wildman–Crippen LogP) is 3.52. The van der Waals surface area contributed by atoms with E-state index in [1.807, 2.05) is 11.4 Å². The van der Waals surface area contributed by atoms with Crippen molar-refractivity contribution in [1.29, 1.82) is 0 Å². The number of nitrogens with one attached hydrogen (secondary N) is 2. The van der Waals surface area contributed by atoms with Crippen molar-refractivity contribution in [2.24, 2.45) is 0 Å². The van der Waals surface area contributed by atoms with E-state index < -0.39 is 0 Å². The van der Waals surface area contributed by atoms with Crippen molar-refractivity contribution in [3.05, 3.63) is 44.9 Å². The third-order valence-electron chi connectivity index (χ3n) is 4.19. The third-order valence-corrected chi connectivity index (χ3v) is 5.74. The van der Waals surface area contributed by atoms with Crippen LogP contribution in [0.25, 0.3) is 0 Å². The zero-order valence-electron chi connectivity index (χ0n) is 14.5. The summed E-state index contributed by atoms with van der Waals surface area (Å²) in [5.74, 6) is 0. The number of hydrogen-bond donors (Lipinski definition) is 2. The SMILES string of the molecule is CN1CCN(Cc2csc(NC(=O)NCc3ccc(Cl)c(Cl)c3)n2)CC1. The smallest absolute Gasteiger partial charge is 0.321 e. The van der Waals surface area contributed by atoms with Gasteiger partial charge in [0.1, 0.15) is 0 Å². The van der Waals surface area contributed by atoms with Gasteiger partial charge in [-0.05, 0) is 24.7 Å². The second-order valence-corrected chi connectivity index (χ2v) is 7.95. The summed E-state index contributed by atoms with van der Waals surface area (Å²) in [4.78, 5) is 21.2. The van der Waals surface area contributed by atoms with Gasteiger partial charge >= 0.3 is 6.03 Å². The van der Waals surface area contributed by atoms with Crippen molar-refractivity contribution in [1.82, 2.24) is 20.1 Å². The van der Waals surface area contributed by atoms with E-state index in [1.54, 1.807) is 12.1 Å². The molecule has 1 aliphatic heterocycles. The topological polar surface area (TPSA) is 60.5 Å². The zero-order chi connectivity index (χ0) is 18.5. The van der Waals surface area contributed by atoms with Crippen molar-refractivity contribution in [2.75, 3.05) is 38.5 Å². The van der Waals surface area contributed by atoms with Crippen LogP contribution in [-0.2, 0) is 13.1 Å². The quantitative estimate of drug-likeness (QED) is 0.786. The second kappa shape index (κ2) is 9.01. The van der Waals surface area contributed by atoms with E-state index in [9.17, 15) is 4.79 Å². The van der Waals surface area contributed by atoms with Gasteiger partial charge in [-0.25, -0.2) is 9.78 Å². The molecule has 0 spiro atoms. The van der Waals surface area contributed by atoms with Gasteiger partial charge in [0, 0.05) is 44.6 Å². The summed E-state index contributed by atoms with van der Waals surface area (Å²) in [5.41, 5.74) is 1.86. The molecule has 6 nitrogen and oxygen atoms in total. The summed E-state index contributed by atoms with van der Waals surface area (Å²) >= 11 is 13.3. The Morgan fingerprint density at radius 1 is 1.23 bits per heavy atom. The fraction of sp³-hybridized carbons (Fsp3) is 0.412. The van der Waals surface area contributed by atoms with Crippen LogP contribution in [-0.4, -0.2) is 54.0 Å². The molecule has 2 amide bonds. The maximum Gasteiger partial charge on any atom is 0.321 e. The van der Waals surface area contributed by atoms with Gasteiger partial charge in [-0.2, -0.15) is 0 Å². The molecule has 0 saturated carbocycles. The van der Waals surface area contributed by atoms with Crippen molar-refractivity contribution in [3.8, 4) is 0 Å². The molecule has 0 atom stereocenters. The molecular formula is C17H21Cl2N5OS. The molecule has 2 aromatic rings. The lowest BCUT2D eigenvalue weighted by atomic mass is 10.2. The van der Waals surface area contributed by atoms with E-state index in [1.165, 1.54) is 11.3 Å². The molecule has 2 heterocycles. The minimum absolute atomic E-state index is 0.295. The molecule has 1 aliphatic rings. The van der Waals surface area contributed by atoms with Gasteiger partial charge in [0.25, 0.3) is 0 Å². The summed E-state index contributed by atoms with van der Waals surface area (Å²) in [6.45, 7) is 5.42. The Balaban J connectivity index is 1.45. The average molecular weight is 414 g/mol. The Morgan fingerprint density at radius 3 is 2.73 bits per heavy atom. The van der Waals surface area contributed by atoms with Crippen LogP contribution >= 0.6 is 34.5 Å². The molecule has 1 aromatic carbocycles. The van der Waals surface area contributed by atoms with Gasteiger partial charge < -0.3 is 10.2 Å². The Labute approximate surface area is 167 Å². The molecule has 0 unspecified atom stereocenters. The standard InChI is InChI=1S/C17H21Cl2N5OS/c1-23-4-6-24(7-5-23)10-13-11-26-17(21-13)22-16(25)20-9-12-2-3-14(18)15(19)8-12/h2-3,8,11H,4-7,9-10H2,1H3,(H2,20,21,22,25). The fourth-order valence-electron chi connectivity index (χ4n) is 2.65. The van der Waals surface area contributed by atoms with E-state index in [0.29, 0.717) is 21.7 Å². The van der Waals surface area contributed by atoms with Gasteiger partial charge in [-0.1, -0.05) is 29.3 Å². The number of aromatic nitrogens is 1. The highest BCUT2D eigenvalue weighted by molar-refractivity contribution is 7.13. The number of carbonyl (C=O) groups is 1. The molecule has 26 heavy (non-hydrogen) atoms. The number of halogens is 2. The van der Waals surface area contributed by atoms with Gasteiger partial charge in [-0.15, -0.1) is 11.3 Å². The number of benzene rings is 1. The first-order chi connectivity index (χ1) is 12.5. The van der Waals surface area contributed by atoms with Gasteiger partial charge in [-0.3, -0.25) is 10.2 Å². The molecule has 9 heteroatoms. The summed E-state index contributed by atoms with van der Waals surface area (Å²) in [5, 5.41) is 9.12. The number of piperazine rings is 1. The van der Waals surface area contributed by atoms with Crippen molar-refractivity contribution >= 4 is 45.7 Å². The molecule has 1 aromatic heterocycles. The molecular weight excluding hydrogens is 393 g/mol. The van der Waals surface area contributed by atoms with Gasteiger partial charge in [0.15, 0.2) is 5.13 Å². The summed E-state index contributed by atoms with van der Waals surface area (Å²) in [6.07, 6.45) is 0. The maximum atomic E-state index is 12.0. The Morgan fingerprint density at radius 2 is 2.00 bits per heavy atom. The number of rotatable bonds is 5. The van der Waals surface area contributed by atoms with E-state index in [4.69, 9.17) is 23.2 Å². The van der Waals surface area contributed by atoms with Crippen molar-refractivity contribution in [3.63, 3.8) is 0 Å². The van der Waals surface area contributed by atoms with Crippen molar-refractivity contribution in [2.45, 2.75) is 13.1 Å². The van der Waals surface area contributed by atoms with Crippen LogP contribution in [0.2, 0.25) is 10.0 Å². The van der Waals surface area contributed by atoms with E-state index in [2.05, 4.69) is 32.5 Å². The minimum atomic E-state index is -0.295. The lowest BCUT2D eigenvalue weighted by molar-refractivity contribution is 0.147. The van der Waals surface area contributed by atoms with Crippen LogP contribution in [0.4, 0.5) is 9.93 Å². The van der Waals surface area contributed by atoms with Crippen LogP contribution in [0.15, 0.2) is 23.6 Å². The van der Waals surface area contributed by atoms with Crippen LogP contribution < -0.4 is 10.6 Å². The zero-order valence-corrected chi connectivity index (χ0v) is 16.8. The van der Waals surface area contributed by atoms with Gasteiger partial charge in [0.2, 0.25) is 0 Å². The molecule has 0 aliphatic carbocycles. The predicted molar refractivity (Wildman–Crippen MR) is 107 cm³/mol. The monoisotopic (exact) mass is 413 g/mol. The second-order valence-electron chi connectivity index (χ2n) is 6.28.